The molecular weight excluding hydrogens is 334 g/mol. The molecule has 1 heterocycles. The zero-order valence-electron chi connectivity index (χ0n) is 15.2. The minimum absolute atomic E-state index is 0.0421. The molecule has 0 fully saturated rings. The van der Waals surface area contributed by atoms with E-state index in [4.69, 9.17) is 0 Å². The van der Waals surface area contributed by atoms with E-state index in [0.29, 0.717) is 13.0 Å². The monoisotopic (exact) mass is 355 g/mol. The van der Waals surface area contributed by atoms with Crippen LogP contribution in [-0.4, -0.2) is 15.7 Å². The highest BCUT2D eigenvalue weighted by molar-refractivity contribution is 5.92. The Kier molecular flexibility index (Phi) is 4.71. The van der Waals surface area contributed by atoms with Gasteiger partial charge in [-0.2, -0.15) is 5.10 Å². The molecule has 3 aromatic carbocycles. The van der Waals surface area contributed by atoms with Gasteiger partial charge in [-0.25, -0.2) is 4.68 Å². The number of anilines is 1. The SMILES string of the molecule is Cc1cc(NC(=O)Cc2ccc3ccccc3c2)n(Cc2ccccc2)n1. The number of rotatable bonds is 5. The smallest absolute Gasteiger partial charge is 0.229 e. The Bertz CT molecular complexity index is 1080. The number of hydrogen-bond donors (Lipinski definition) is 1. The average molecular weight is 355 g/mol. The summed E-state index contributed by atoms with van der Waals surface area (Å²) in [5.41, 5.74) is 3.02. The van der Waals surface area contributed by atoms with Crippen molar-refractivity contribution in [3.8, 4) is 0 Å². The Morgan fingerprint density at radius 3 is 2.44 bits per heavy atom. The van der Waals surface area contributed by atoms with Gasteiger partial charge in [0.15, 0.2) is 0 Å². The number of hydrogen-bond acceptors (Lipinski definition) is 2. The van der Waals surface area contributed by atoms with Crippen molar-refractivity contribution >= 4 is 22.5 Å². The molecule has 4 aromatic rings. The number of aromatic nitrogens is 2. The molecule has 4 rings (SSSR count). The van der Waals surface area contributed by atoms with Gasteiger partial charge in [0.1, 0.15) is 5.82 Å². The lowest BCUT2D eigenvalue weighted by molar-refractivity contribution is -0.115. The molecule has 0 saturated carbocycles. The van der Waals surface area contributed by atoms with E-state index >= 15 is 0 Å². The second kappa shape index (κ2) is 7.46. The molecule has 0 saturated heterocycles. The van der Waals surface area contributed by atoms with Crippen molar-refractivity contribution in [2.45, 2.75) is 19.9 Å². The van der Waals surface area contributed by atoms with E-state index in [1.165, 1.54) is 5.39 Å². The Hall–Kier alpha value is -3.40. The Labute approximate surface area is 158 Å². The van der Waals surface area contributed by atoms with Gasteiger partial charge in [0.25, 0.3) is 0 Å². The first-order chi connectivity index (χ1) is 13.2. The van der Waals surface area contributed by atoms with E-state index in [9.17, 15) is 4.79 Å². The fraction of sp³-hybridized carbons (Fsp3) is 0.130. The molecule has 0 bridgehead atoms. The van der Waals surface area contributed by atoms with Gasteiger partial charge in [0, 0.05) is 6.07 Å². The number of amides is 1. The summed E-state index contributed by atoms with van der Waals surface area (Å²) < 4.78 is 1.84. The van der Waals surface area contributed by atoms with Crippen molar-refractivity contribution in [2.75, 3.05) is 5.32 Å². The fourth-order valence-electron chi connectivity index (χ4n) is 3.24. The number of carbonyl (C=O) groups excluding carboxylic acids is 1. The van der Waals surface area contributed by atoms with E-state index in [2.05, 4.69) is 46.8 Å². The van der Waals surface area contributed by atoms with Gasteiger partial charge in [-0.15, -0.1) is 0 Å². The van der Waals surface area contributed by atoms with Gasteiger partial charge in [-0.3, -0.25) is 4.79 Å². The second-order valence-corrected chi connectivity index (χ2v) is 6.72. The average Bonchev–Trinajstić information content (AvgIpc) is 3.01. The lowest BCUT2D eigenvalue weighted by Crippen LogP contribution is -2.18. The maximum atomic E-state index is 12.6. The number of fused-ring (bicyclic) bond motifs is 1. The van der Waals surface area contributed by atoms with E-state index < -0.39 is 0 Å². The quantitative estimate of drug-likeness (QED) is 0.570. The van der Waals surface area contributed by atoms with Gasteiger partial charge in [-0.05, 0) is 28.8 Å². The number of nitrogens with zero attached hydrogens (tertiary/aromatic N) is 2. The summed E-state index contributed by atoms with van der Waals surface area (Å²) >= 11 is 0. The lowest BCUT2D eigenvalue weighted by Gasteiger charge is -2.09. The Morgan fingerprint density at radius 1 is 0.889 bits per heavy atom. The second-order valence-electron chi connectivity index (χ2n) is 6.72. The molecule has 4 nitrogen and oxygen atoms in total. The predicted octanol–water partition coefficient (Wildman–Crippen LogP) is 4.57. The highest BCUT2D eigenvalue weighted by atomic mass is 16.1. The normalized spacial score (nSPS) is 10.9. The molecule has 1 aromatic heterocycles. The molecule has 1 N–H and O–H groups in total. The van der Waals surface area contributed by atoms with Crippen LogP contribution in [0.25, 0.3) is 10.8 Å². The summed E-state index contributed by atoms with van der Waals surface area (Å²) in [7, 11) is 0. The Balaban J connectivity index is 1.49. The first kappa shape index (κ1) is 17.0. The largest absolute Gasteiger partial charge is 0.311 e. The molecule has 134 valence electrons. The van der Waals surface area contributed by atoms with E-state index in [0.717, 1.165) is 28.0 Å². The maximum Gasteiger partial charge on any atom is 0.229 e. The fourth-order valence-corrected chi connectivity index (χ4v) is 3.24. The van der Waals surface area contributed by atoms with Gasteiger partial charge in [0.2, 0.25) is 5.91 Å². The van der Waals surface area contributed by atoms with Crippen LogP contribution in [0.5, 0.6) is 0 Å². The predicted molar refractivity (Wildman–Crippen MR) is 109 cm³/mol. The molecule has 0 aliphatic rings. The topological polar surface area (TPSA) is 46.9 Å². The van der Waals surface area contributed by atoms with Gasteiger partial charge < -0.3 is 5.32 Å². The molecule has 0 aliphatic heterocycles. The molecule has 0 spiro atoms. The third-order valence-corrected chi connectivity index (χ3v) is 4.52. The van der Waals surface area contributed by atoms with Crippen LogP contribution in [0.2, 0.25) is 0 Å². The van der Waals surface area contributed by atoms with Gasteiger partial charge in [0.05, 0.1) is 18.7 Å². The van der Waals surface area contributed by atoms with Gasteiger partial charge in [-0.1, -0.05) is 72.8 Å². The van der Waals surface area contributed by atoms with Crippen LogP contribution in [0, 0.1) is 6.92 Å². The molecule has 4 heteroatoms. The van der Waals surface area contributed by atoms with Crippen LogP contribution >= 0.6 is 0 Å². The van der Waals surface area contributed by atoms with Crippen LogP contribution in [0.15, 0.2) is 78.9 Å². The van der Waals surface area contributed by atoms with Crippen LogP contribution in [0.1, 0.15) is 16.8 Å². The molecule has 27 heavy (non-hydrogen) atoms. The number of aryl methyl sites for hydroxylation is 1. The molecular formula is C23H21N3O. The molecule has 0 unspecified atom stereocenters. The summed E-state index contributed by atoms with van der Waals surface area (Å²) in [6, 6.07) is 26.3. The van der Waals surface area contributed by atoms with Crippen molar-refractivity contribution in [3.63, 3.8) is 0 Å². The van der Waals surface area contributed by atoms with E-state index in [1.807, 2.05) is 54.1 Å². The third kappa shape index (κ3) is 4.06. The number of nitrogens with one attached hydrogen (secondary N) is 1. The molecule has 0 radical (unpaired) electrons. The van der Waals surface area contributed by atoms with E-state index in [1.54, 1.807) is 0 Å². The minimum atomic E-state index is -0.0421. The zero-order valence-corrected chi connectivity index (χ0v) is 15.2. The van der Waals surface area contributed by atoms with Gasteiger partial charge >= 0.3 is 0 Å². The van der Waals surface area contributed by atoms with Crippen LogP contribution in [0.3, 0.4) is 0 Å². The summed E-state index contributed by atoms with van der Waals surface area (Å²) in [5.74, 6) is 0.682. The Morgan fingerprint density at radius 2 is 1.63 bits per heavy atom. The van der Waals surface area contributed by atoms with Crippen LogP contribution < -0.4 is 5.32 Å². The minimum Gasteiger partial charge on any atom is -0.311 e. The lowest BCUT2D eigenvalue weighted by atomic mass is 10.0. The third-order valence-electron chi connectivity index (χ3n) is 4.52. The van der Waals surface area contributed by atoms with Crippen LogP contribution in [-0.2, 0) is 17.8 Å². The highest BCUT2D eigenvalue weighted by Crippen LogP contribution is 2.17. The summed E-state index contributed by atoms with van der Waals surface area (Å²) in [4.78, 5) is 12.6. The van der Waals surface area contributed by atoms with Crippen molar-refractivity contribution in [1.29, 1.82) is 0 Å². The zero-order chi connectivity index (χ0) is 18.6. The maximum absolute atomic E-state index is 12.6. The van der Waals surface area contributed by atoms with Crippen molar-refractivity contribution in [3.05, 3.63) is 95.7 Å². The molecule has 1 amide bonds. The first-order valence-corrected chi connectivity index (χ1v) is 9.03. The highest BCUT2D eigenvalue weighted by Gasteiger charge is 2.11. The number of benzene rings is 3. The number of carbonyl (C=O) groups is 1. The molecule has 0 aliphatic carbocycles. The van der Waals surface area contributed by atoms with Crippen molar-refractivity contribution < 1.29 is 4.79 Å². The molecule has 0 atom stereocenters. The van der Waals surface area contributed by atoms with Crippen molar-refractivity contribution in [1.82, 2.24) is 9.78 Å². The van der Waals surface area contributed by atoms with Crippen molar-refractivity contribution in [2.24, 2.45) is 0 Å². The first-order valence-electron chi connectivity index (χ1n) is 9.03. The summed E-state index contributed by atoms with van der Waals surface area (Å²) in [5, 5.41) is 9.84. The van der Waals surface area contributed by atoms with E-state index in [-0.39, 0.29) is 5.91 Å². The standard InChI is InChI=1S/C23H21N3O/c1-17-13-22(26(25-17)16-18-7-3-2-4-8-18)24-23(27)15-19-11-12-20-9-5-6-10-21(20)14-19/h2-14H,15-16H2,1H3,(H,24,27). The van der Waals surface area contributed by atoms with Crippen LogP contribution in [0.4, 0.5) is 5.82 Å². The summed E-state index contributed by atoms with van der Waals surface area (Å²) in [6.07, 6.45) is 0.334. The summed E-state index contributed by atoms with van der Waals surface area (Å²) in [6.45, 7) is 2.56.